The first kappa shape index (κ1) is 20.1. The van der Waals surface area contributed by atoms with E-state index >= 15 is 0 Å². The smallest absolute Gasteiger partial charge is 0.0243 e. The molecule has 3 saturated heterocycles. The Balaban J connectivity index is 1.20. The first-order valence-corrected chi connectivity index (χ1v) is 11.8. The zero-order valence-electron chi connectivity index (χ0n) is 18.5. The van der Waals surface area contributed by atoms with Gasteiger partial charge in [-0.1, -0.05) is 13.8 Å². The average molecular weight is 377 g/mol. The Morgan fingerprint density at radius 2 is 1.56 bits per heavy atom. The molecule has 1 aliphatic carbocycles. The third-order valence-electron chi connectivity index (χ3n) is 8.62. The Morgan fingerprint density at radius 1 is 0.889 bits per heavy atom. The highest BCUT2D eigenvalue weighted by molar-refractivity contribution is 5.02. The third kappa shape index (κ3) is 4.55. The maximum Gasteiger partial charge on any atom is 0.0243 e. The van der Waals surface area contributed by atoms with E-state index in [0.29, 0.717) is 5.41 Å². The van der Waals surface area contributed by atoms with E-state index in [0.717, 1.165) is 23.9 Å². The fourth-order valence-electron chi connectivity index (χ4n) is 6.40. The SMILES string of the molecule is CC(C)[C@@H]1CN(C2CC3(CCN(CC4CCN(C)CC4)CC3)C2)CCN1C. The lowest BCUT2D eigenvalue weighted by Crippen LogP contribution is -2.61. The summed E-state index contributed by atoms with van der Waals surface area (Å²) in [6, 6.07) is 1.65. The normalized spacial score (nSPS) is 33.0. The molecule has 0 aromatic heterocycles. The van der Waals surface area contributed by atoms with Crippen molar-refractivity contribution >= 4 is 0 Å². The zero-order valence-corrected chi connectivity index (χ0v) is 18.5. The van der Waals surface area contributed by atoms with Crippen LogP contribution >= 0.6 is 0 Å². The lowest BCUT2D eigenvalue weighted by atomic mass is 9.59. The van der Waals surface area contributed by atoms with E-state index in [1.165, 1.54) is 90.9 Å². The minimum atomic E-state index is 0.713. The summed E-state index contributed by atoms with van der Waals surface area (Å²) in [4.78, 5) is 10.7. The van der Waals surface area contributed by atoms with E-state index in [4.69, 9.17) is 0 Å². The van der Waals surface area contributed by atoms with Gasteiger partial charge in [-0.3, -0.25) is 4.90 Å². The van der Waals surface area contributed by atoms with Gasteiger partial charge in [0.25, 0.3) is 0 Å². The van der Waals surface area contributed by atoms with Gasteiger partial charge in [0.2, 0.25) is 0 Å². The molecule has 4 aliphatic rings. The molecule has 0 amide bonds. The maximum atomic E-state index is 2.85. The number of likely N-dealkylation sites (tertiary alicyclic amines) is 2. The molecule has 3 aliphatic heterocycles. The van der Waals surface area contributed by atoms with Crippen molar-refractivity contribution in [1.82, 2.24) is 19.6 Å². The van der Waals surface area contributed by atoms with Crippen molar-refractivity contribution < 1.29 is 0 Å². The van der Waals surface area contributed by atoms with Crippen LogP contribution in [0, 0.1) is 17.3 Å². The second-order valence-corrected chi connectivity index (χ2v) is 10.9. The highest BCUT2D eigenvalue weighted by atomic mass is 15.3. The molecule has 0 aromatic carbocycles. The van der Waals surface area contributed by atoms with Gasteiger partial charge in [-0.2, -0.15) is 0 Å². The first-order valence-electron chi connectivity index (χ1n) is 11.8. The van der Waals surface area contributed by atoms with Crippen LogP contribution in [0.25, 0.3) is 0 Å². The van der Waals surface area contributed by atoms with Crippen LogP contribution in [0.1, 0.15) is 52.4 Å². The molecule has 0 bridgehead atoms. The standard InChI is InChI=1S/C23H44N4/c1-19(2)22-18-27(14-13-25(22)4)21-15-23(16-21)7-11-26(12-8-23)17-20-5-9-24(3)10-6-20/h19-22H,5-18H2,1-4H3/t22-/m0/s1. The molecule has 0 radical (unpaired) electrons. The van der Waals surface area contributed by atoms with Crippen LogP contribution in [0.3, 0.4) is 0 Å². The Bertz CT molecular complexity index is 469. The predicted octanol–water partition coefficient (Wildman–Crippen LogP) is 2.84. The van der Waals surface area contributed by atoms with Crippen LogP contribution in [-0.2, 0) is 0 Å². The van der Waals surface area contributed by atoms with Crippen LogP contribution in [0.15, 0.2) is 0 Å². The van der Waals surface area contributed by atoms with Crippen molar-refractivity contribution in [3.63, 3.8) is 0 Å². The summed E-state index contributed by atoms with van der Waals surface area (Å²) in [5, 5.41) is 0. The minimum Gasteiger partial charge on any atom is -0.306 e. The van der Waals surface area contributed by atoms with Gasteiger partial charge in [-0.25, -0.2) is 0 Å². The number of piperidine rings is 2. The monoisotopic (exact) mass is 376 g/mol. The van der Waals surface area contributed by atoms with Crippen LogP contribution in [0.5, 0.6) is 0 Å². The molecule has 1 saturated carbocycles. The minimum absolute atomic E-state index is 0.713. The first-order chi connectivity index (χ1) is 12.9. The molecule has 1 atom stereocenters. The van der Waals surface area contributed by atoms with Gasteiger partial charge in [0.15, 0.2) is 0 Å². The molecule has 1 spiro atoms. The quantitative estimate of drug-likeness (QED) is 0.748. The van der Waals surface area contributed by atoms with Gasteiger partial charge in [0.05, 0.1) is 0 Å². The number of nitrogens with zero attached hydrogens (tertiary/aromatic N) is 4. The fourth-order valence-corrected chi connectivity index (χ4v) is 6.40. The second kappa shape index (κ2) is 8.30. The van der Waals surface area contributed by atoms with Crippen molar-refractivity contribution in [2.24, 2.45) is 17.3 Å². The second-order valence-electron chi connectivity index (χ2n) is 10.9. The van der Waals surface area contributed by atoms with E-state index in [1.54, 1.807) is 0 Å². The molecule has 0 unspecified atom stereocenters. The Labute approximate surface area is 168 Å². The van der Waals surface area contributed by atoms with Crippen molar-refractivity contribution in [3.8, 4) is 0 Å². The van der Waals surface area contributed by atoms with Gasteiger partial charge in [-0.05, 0) is 96.1 Å². The molecular weight excluding hydrogens is 332 g/mol. The van der Waals surface area contributed by atoms with Gasteiger partial charge in [0.1, 0.15) is 0 Å². The molecule has 4 nitrogen and oxygen atoms in total. The summed E-state index contributed by atoms with van der Waals surface area (Å²) < 4.78 is 0. The van der Waals surface area contributed by atoms with Gasteiger partial charge >= 0.3 is 0 Å². The number of likely N-dealkylation sites (N-methyl/N-ethyl adjacent to an activating group) is 1. The molecule has 3 heterocycles. The predicted molar refractivity (Wildman–Crippen MR) is 114 cm³/mol. The van der Waals surface area contributed by atoms with Gasteiger partial charge in [-0.15, -0.1) is 0 Å². The third-order valence-corrected chi connectivity index (χ3v) is 8.62. The summed E-state index contributed by atoms with van der Waals surface area (Å²) in [6.45, 7) is 15.4. The molecule has 0 aromatic rings. The van der Waals surface area contributed by atoms with Crippen LogP contribution in [0.2, 0.25) is 0 Å². The Hall–Kier alpha value is -0.160. The van der Waals surface area contributed by atoms with E-state index < -0.39 is 0 Å². The topological polar surface area (TPSA) is 13.0 Å². The van der Waals surface area contributed by atoms with Gasteiger partial charge < -0.3 is 14.7 Å². The highest BCUT2D eigenvalue weighted by Gasteiger charge is 2.48. The van der Waals surface area contributed by atoms with Crippen molar-refractivity contribution in [3.05, 3.63) is 0 Å². The summed E-state index contributed by atoms with van der Waals surface area (Å²) >= 11 is 0. The summed E-state index contributed by atoms with van der Waals surface area (Å²) in [6.07, 6.45) is 8.75. The summed E-state index contributed by atoms with van der Waals surface area (Å²) in [5.41, 5.74) is 0.713. The number of hydrogen-bond donors (Lipinski definition) is 0. The zero-order chi connectivity index (χ0) is 19.0. The number of piperazine rings is 1. The largest absolute Gasteiger partial charge is 0.306 e. The molecule has 0 N–H and O–H groups in total. The van der Waals surface area contributed by atoms with Crippen molar-refractivity contribution in [2.45, 2.75) is 64.5 Å². The molecule has 4 fully saturated rings. The highest BCUT2D eigenvalue weighted by Crippen LogP contribution is 2.51. The summed E-state index contributed by atoms with van der Waals surface area (Å²) in [5.74, 6) is 1.73. The van der Waals surface area contributed by atoms with E-state index in [9.17, 15) is 0 Å². The van der Waals surface area contributed by atoms with Crippen molar-refractivity contribution in [1.29, 1.82) is 0 Å². The fraction of sp³-hybridized carbons (Fsp3) is 1.00. The van der Waals surface area contributed by atoms with Crippen LogP contribution in [-0.4, -0.2) is 98.1 Å². The van der Waals surface area contributed by atoms with E-state index in [-0.39, 0.29) is 0 Å². The molecule has 4 heteroatoms. The molecule has 4 rings (SSSR count). The number of rotatable bonds is 4. The Kier molecular flexibility index (Phi) is 6.18. The molecule has 156 valence electrons. The lowest BCUT2D eigenvalue weighted by molar-refractivity contribution is -0.0686. The average Bonchev–Trinajstić information content (AvgIpc) is 2.63. The molecule has 27 heavy (non-hydrogen) atoms. The van der Waals surface area contributed by atoms with Gasteiger partial charge in [0, 0.05) is 38.3 Å². The summed E-state index contributed by atoms with van der Waals surface area (Å²) in [7, 11) is 4.60. The molecular formula is C23H44N4. The van der Waals surface area contributed by atoms with E-state index in [2.05, 4.69) is 47.5 Å². The van der Waals surface area contributed by atoms with Crippen molar-refractivity contribution in [2.75, 3.05) is 66.5 Å². The van der Waals surface area contributed by atoms with Crippen LogP contribution in [0.4, 0.5) is 0 Å². The van der Waals surface area contributed by atoms with Crippen LogP contribution < -0.4 is 0 Å². The number of hydrogen-bond acceptors (Lipinski definition) is 4. The maximum absolute atomic E-state index is 2.85. The van der Waals surface area contributed by atoms with E-state index in [1.807, 2.05) is 0 Å². The lowest BCUT2D eigenvalue weighted by Gasteiger charge is -2.57. The Morgan fingerprint density at radius 3 is 2.19 bits per heavy atom.